The first-order valence-electron chi connectivity index (χ1n) is 11.0. The van der Waals surface area contributed by atoms with Crippen molar-refractivity contribution in [1.29, 1.82) is 0 Å². The minimum atomic E-state index is -0.456. The van der Waals surface area contributed by atoms with E-state index in [2.05, 4.69) is 4.99 Å². The van der Waals surface area contributed by atoms with Gasteiger partial charge in [-0.3, -0.25) is 9.69 Å². The fraction of sp³-hybridized carbons (Fsp3) is 0.320. The van der Waals surface area contributed by atoms with Crippen LogP contribution in [0.1, 0.15) is 26.3 Å². The number of amidine groups is 1. The van der Waals surface area contributed by atoms with E-state index >= 15 is 0 Å². The molecule has 0 bridgehead atoms. The van der Waals surface area contributed by atoms with Gasteiger partial charge in [0.1, 0.15) is 5.75 Å². The van der Waals surface area contributed by atoms with Gasteiger partial charge < -0.3 is 18.9 Å². The smallest absolute Gasteiger partial charge is 0.344 e. The van der Waals surface area contributed by atoms with Crippen molar-refractivity contribution in [2.75, 3.05) is 33.5 Å². The predicted octanol–water partition coefficient (Wildman–Crippen LogP) is 4.66. The third kappa shape index (κ3) is 6.32. The van der Waals surface area contributed by atoms with Gasteiger partial charge in [-0.15, -0.1) is 0 Å². The number of benzene rings is 2. The molecular weight excluding hydrogens is 456 g/mol. The topological polar surface area (TPSA) is 86.7 Å². The molecule has 1 heterocycles. The van der Waals surface area contributed by atoms with Crippen LogP contribution in [0.5, 0.6) is 17.2 Å². The third-order valence-electron chi connectivity index (χ3n) is 4.71. The second-order valence-corrected chi connectivity index (χ2v) is 7.99. The first kappa shape index (κ1) is 25.2. The Morgan fingerprint density at radius 2 is 1.79 bits per heavy atom. The molecule has 0 unspecified atom stereocenters. The number of thioether (sulfide) groups is 1. The van der Waals surface area contributed by atoms with Crippen molar-refractivity contribution < 1.29 is 28.5 Å². The molecule has 2 aromatic carbocycles. The van der Waals surface area contributed by atoms with Crippen molar-refractivity contribution in [2.24, 2.45) is 4.99 Å². The van der Waals surface area contributed by atoms with Gasteiger partial charge in [-0.2, -0.15) is 0 Å². The first-order chi connectivity index (χ1) is 16.5. The molecule has 1 amide bonds. The zero-order chi connectivity index (χ0) is 24.5. The number of ether oxygens (including phenoxy) is 4. The van der Waals surface area contributed by atoms with Gasteiger partial charge in [0.15, 0.2) is 23.3 Å². The summed E-state index contributed by atoms with van der Waals surface area (Å²) in [6, 6.07) is 12.7. The van der Waals surface area contributed by atoms with Crippen molar-refractivity contribution in [3.05, 3.63) is 52.9 Å². The van der Waals surface area contributed by atoms with E-state index in [1.54, 1.807) is 36.1 Å². The third-order valence-corrected chi connectivity index (χ3v) is 5.72. The van der Waals surface area contributed by atoms with Gasteiger partial charge in [0.05, 0.1) is 30.9 Å². The highest BCUT2D eigenvalue weighted by atomic mass is 32.2. The number of hydrogen-bond acceptors (Lipinski definition) is 8. The monoisotopic (exact) mass is 484 g/mol. The maximum atomic E-state index is 13.0. The van der Waals surface area contributed by atoms with Crippen molar-refractivity contribution in [3.63, 3.8) is 0 Å². The van der Waals surface area contributed by atoms with E-state index in [1.807, 2.05) is 38.1 Å². The molecule has 1 fully saturated rings. The Morgan fingerprint density at radius 3 is 2.44 bits per heavy atom. The lowest BCUT2D eigenvalue weighted by Gasteiger charge is -2.12. The van der Waals surface area contributed by atoms with Gasteiger partial charge in [-0.1, -0.05) is 6.07 Å². The quantitative estimate of drug-likeness (QED) is 0.358. The highest BCUT2D eigenvalue weighted by Crippen LogP contribution is 2.36. The van der Waals surface area contributed by atoms with Gasteiger partial charge in [0, 0.05) is 6.54 Å². The molecule has 0 atom stereocenters. The number of rotatable bonds is 10. The van der Waals surface area contributed by atoms with Crippen LogP contribution in [0.4, 0.5) is 5.69 Å². The molecule has 1 aliphatic rings. The minimum Gasteiger partial charge on any atom is -0.494 e. The summed E-state index contributed by atoms with van der Waals surface area (Å²) >= 11 is 1.32. The van der Waals surface area contributed by atoms with Crippen LogP contribution >= 0.6 is 11.8 Å². The average molecular weight is 485 g/mol. The average Bonchev–Trinajstić information content (AvgIpc) is 3.13. The van der Waals surface area contributed by atoms with Gasteiger partial charge >= 0.3 is 5.97 Å². The number of aliphatic imine (C=N–C) groups is 1. The highest BCUT2D eigenvalue weighted by molar-refractivity contribution is 8.18. The molecular formula is C25H28N2O6S. The van der Waals surface area contributed by atoms with E-state index in [4.69, 9.17) is 18.9 Å². The summed E-state index contributed by atoms with van der Waals surface area (Å²) in [5.41, 5.74) is 1.50. The molecule has 0 N–H and O–H groups in total. The summed E-state index contributed by atoms with van der Waals surface area (Å²) in [7, 11) is 1.51. The fourth-order valence-electron chi connectivity index (χ4n) is 3.15. The lowest BCUT2D eigenvalue weighted by atomic mass is 10.2. The van der Waals surface area contributed by atoms with Gasteiger partial charge in [-0.05, 0) is 80.6 Å². The van der Waals surface area contributed by atoms with Crippen molar-refractivity contribution >= 4 is 40.6 Å². The van der Waals surface area contributed by atoms with Crippen LogP contribution in [0.2, 0.25) is 0 Å². The van der Waals surface area contributed by atoms with E-state index in [0.29, 0.717) is 34.7 Å². The number of hydrogen-bond donors (Lipinski definition) is 0. The molecule has 0 radical (unpaired) electrons. The molecule has 0 aromatic heterocycles. The number of methoxy groups -OCH3 is 1. The van der Waals surface area contributed by atoms with Crippen molar-refractivity contribution in [1.82, 2.24) is 4.90 Å². The van der Waals surface area contributed by atoms with Crippen molar-refractivity contribution in [3.8, 4) is 17.2 Å². The lowest BCUT2D eigenvalue weighted by Crippen LogP contribution is -2.28. The Labute approximate surface area is 203 Å². The van der Waals surface area contributed by atoms with Crippen LogP contribution in [-0.4, -0.2) is 55.4 Å². The number of carbonyl (C=O) groups excluding carboxylic acids is 2. The standard InChI is InChI=1S/C25H28N2O6S/c1-5-27-24(29)22(34-25(27)26-18-9-11-19(12-10-18)31-6-2)15-17-8-13-20(21(14-17)30-4)33-16-23(28)32-7-3/h8-15H,5-7,16H2,1-4H3. The zero-order valence-electron chi connectivity index (χ0n) is 19.7. The van der Waals surface area contributed by atoms with Crippen molar-refractivity contribution in [2.45, 2.75) is 20.8 Å². The van der Waals surface area contributed by atoms with E-state index in [1.165, 1.54) is 18.9 Å². The van der Waals surface area contributed by atoms with E-state index < -0.39 is 5.97 Å². The van der Waals surface area contributed by atoms with Crippen LogP contribution in [-0.2, 0) is 14.3 Å². The number of nitrogens with zero attached hydrogens (tertiary/aromatic N) is 2. The van der Waals surface area contributed by atoms with Crippen LogP contribution in [0.3, 0.4) is 0 Å². The van der Waals surface area contributed by atoms with Gasteiger partial charge in [-0.25, -0.2) is 9.79 Å². The first-order valence-corrected chi connectivity index (χ1v) is 11.8. The Kier molecular flexibility index (Phi) is 8.98. The molecule has 0 aliphatic carbocycles. The van der Waals surface area contributed by atoms with E-state index in [0.717, 1.165) is 17.0 Å². The normalized spacial score (nSPS) is 15.6. The molecule has 9 heteroatoms. The summed E-state index contributed by atoms with van der Waals surface area (Å²) in [6.07, 6.45) is 1.79. The molecule has 0 saturated carbocycles. The maximum absolute atomic E-state index is 13.0. The molecule has 0 spiro atoms. The van der Waals surface area contributed by atoms with E-state index in [9.17, 15) is 9.59 Å². The van der Waals surface area contributed by atoms with Crippen LogP contribution in [0.25, 0.3) is 6.08 Å². The Morgan fingerprint density at radius 1 is 1.03 bits per heavy atom. The summed E-state index contributed by atoms with van der Waals surface area (Å²) < 4.78 is 21.2. The van der Waals surface area contributed by atoms with Crippen LogP contribution in [0.15, 0.2) is 52.4 Å². The summed E-state index contributed by atoms with van der Waals surface area (Å²) in [5.74, 6) is 1.07. The Hall–Kier alpha value is -3.46. The lowest BCUT2D eigenvalue weighted by molar-refractivity contribution is -0.145. The number of likely N-dealkylation sites (N-methyl/N-ethyl adjacent to an activating group) is 1. The molecule has 3 rings (SSSR count). The SMILES string of the molecule is CCOC(=O)COc1ccc(C=C2SC(=Nc3ccc(OCC)cc3)N(CC)C2=O)cc1OC. The van der Waals surface area contributed by atoms with Gasteiger partial charge in [0.25, 0.3) is 5.91 Å². The maximum Gasteiger partial charge on any atom is 0.344 e. The molecule has 1 saturated heterocycles. The molecule has 180 valence electrons. The summed E-state index contributed by atoms with van der Waals surface area (Å²) in [4.78, 5) is 31.4. The predicted molar refractivity (Wildman–Crippen MR) is 133 cm³/mol. The summed E-state index contributed by atoms with van der Waals surface area (Å²) in [6.45, 7) is 6.75. The number of carbonyl (C=O) groups is 2. The second-order valence-electron chi connectivity index (χ2n) is 6.99. The van der Waals surface area contributed by atoms with Gasteiger partial charge in [0.2, 0.25) is 0 Å². The molecule has 2 aromatic rings. The molecule has 8 nitrogen and oxygen atoms in total. The second kappa shape index (κ2) is 12.1. The molecule has 34 heavy (non-hydrogen) atoms. The minimum absolute atomic E-state index is 0.112. The number of esters is 1. The Balaban J connectivity index is 1.79. The van der Waals surface area contributed by atoms with E-state index in [-0.39, 0.29) is 19.1 Å². The largest absolute Gasteiger partial charge is 0.494 e. The molecule has 1 aliphatic heterocycles. The number of amides is 1. The highest BCUT2D eigenvalue weighted by Gasteiger charge is 2.32. The van der Waals surface area contributed by atoms with Crippen LogP contribution in [0, 0.1) is 0 Å². The summed E-state index contributed by atoms with van der Waals surface area (Å²) in [5, 5.41) is 0.615. The fourth-order valence-corrected chi connectivity index (χ4v) is 4.21. The van der Waals surface area contributed by atoms with Crippen LogP contribution < -0.4 is 14.2 Å². The Bertz CT molecular complexity index is 1080. The zero-order valence-corrected chi connectivity index (χ0v) is 20.5.